The molecule has 0 aliphatic heterocycles. The van der Waals surface area contributed by atoms with Crippen LogP contribution in [0.15, 0.2) is 0 Å². The van der Waals surface area contributed by atoms with Gasteiger partial charge in [-0.3, -0.25) is 9.59 Å². The Labute approximate surface area is 124 Å². The average Bonchev–Trinajstić information content (AvgIpc) is 2.71. The molecule has 2 N–H and O–H groups in total. The van der Waals surface area contributed by atoms with Crippen molar-refractivity contribution < 1.29 is 19.1 Å². The van der Waals surface area contributed by atoms with Crippen LogP contribution in [0.4, 0.5) is 0 Å². The van der Waals surface area contributed by atoms with Crippen LogP contribution < -0.4 is 5.32 Å². The molecule has 116 valence electrons. The molecule has 0 saturated carbocycles. The molecule has 0 unspecified atom stereocenters. The fourth-order valence-corrected chi connectivity index (χ4v) is 2.14. The number of unbranched alkanes of at least 4 members (excludes halogenated alkanes) is 1. The molecule has 1 heterocycles. The third-order valence-electron chi connectivity index (χ3n) is 3.18. The highest BCUT2D eigenvalue weighted by molar-refractivity contribution is 6.01. The van der Waals surface area contributed by atoms with E-state index in [-0.39, 0.29) is 24.0 Å². The molecule has 0 aromatic carbocycles. The van der Waals surface area contributed by atoms with Crippen molar-refractivity contribution in [2.24, 2.45) is 0 Å². The Bertz CT molecular complexity index is 546. The normalized spacial score (nSPS) is 10.3. The Hall–Kier alpha value is -2.11. The summed E-state index contributed by atoms with van der Waals surface area (Å²) in [6, 6.07) is 0. The molecule has 0 bridgehead atoms. The summed E-state index contributed by atoms with van der Waals surface area (Å²) in [5, 5.41) is 2.66. The van der Waals surface area contributed by atoms with Gasteiger partial charge in [0.05, 0.1) is 0 Å². The minimum atomic E-state index is -0.631. The molecule has 1 aromatic heterocycles. The van der Waals surface area contributed by atoms with Gasteiger partial charge in [0.1, 0.15) is 5.69 Å². The molecule has 1 amide bonds. The van der Waals surface area contributed by atoms with E-state index in [9.17, 15) is 14.4 Å². The molecule has 0 atom stereocenters. The van der Waals surface area contributed by atoms with Crippen molar-refractivity contribution >= 4 is 17.7 Å². The van der Waals surface area contributed by atoms with Gasteiger partial charge < -0.3 is 15.0 Å². The summed E-state index contributed by atoms with van der Waals surface area (Å²) >= 11 is 0. The molecule has 0 radical (unpaired) electrons. The summed E-state index contributed by atoms with van der Waals surface area (Å²) in [6.45, 7) is 7.11. The van der Waals surface area contributed by atoms with Crippen molar-refractivity contribution in [1.82, 2.24) is 10.3 Å². The van der Waals surface area contributed by atoms with Crippen LogP contribution in [0.3, 0.4) is 0 Å². The summed E-state index contributed by atoms with van der Waals surface area (Å²) in [4.78, 5) is 37.8. The maximum Gasteiger partial charge on any atom is 0.355 e. The Morgan fingerprint density at radius 3 is 2.43 bits per heavy atom. The molecule has 0 saturated heterocycles. The monoisotopic (exact) mass is 294 g/mol. The fraction of sp³-hybridized carbons (Fsp3) is 0.533. The molecule has 6 heteroatoms. The third-order valence-corrected chi connectivity index (χ3v) is 3.18. The summed E-state index contributed by atoms with van der Waals surface area (Å²) in [5.74, 6) is -1.07. The maximum atomic E-state index is 11.9. The Balaban J connectivity index is 2.63. The van der Waals surface area contributed by atoms with E-state index in [2.05, 4.69) is 10.3 Å². The minimum absolute atomic E-state index is 0.113. The van der Waals surface area contributed by atoms with E-state index in [0.717, 1.165) is 12.8 Å². The van der Waals surface area contributed by atoms with Gasteiger partial charge in [0.15, 0.2) is 12.4 Å². The number of carbonyl (C=O) groups is 3. The summed E-state index contributed by atoms with van der Waals surface area (Å²) < 4.78 is 4.96. The molecule has 6 nitrogen and oxygen atoms in total. The van der Waals surface area contributed by atoms with E-state index in [0.29, 0.717) is 23.4 Å². The van der Waals surface area contributed by atoms with E-state index >= 15 is 0 Å². The highest BCUT2D eigenvalue weighted by Gasteiger charge is 2.21. The molecule has 0 spiro atoms. The van der Waals surface area contributed by atoms with Crippen molar-refractivity contribution in [1.29, 1.82) is 0 Å². The van der Waals surface area contributed by atoms with Crippen molar-refractivity contribution in [3.8, 4) is 0 Å². The van der Waals surface area contributed by atoms with Crippen molar-refractivity contribution in [3.63, 3.8) is 0 Å². The van der Waals surface area contributed by atoms with Crippen molar-refractivity contribution in [3.05, 3.63) is 22.5 Å². The average molecular weight is 294 g/mol. The van der Waals surface area contributed by atoms with E-state index in [4.69, 9.17) is 4.74 Å². The van der Waals surface area contributed by atoms with Gasteiger partial charge in [-0.25, -0.2) is 4.79 Å². The maximum absolute atomic E-state index is 11.9. The molecule has 1 rings (SSSR count). The number of aryl methyl sites for hydroxylation is 1. The first-order valence-corrected chi connectivity index (χ1v) is 7.02. The molecule has 21 heavy (non-hydrogen) atoms. The molecule has 0 fully saturated rings. The number of ether oxygens (including phenoxy) is 1. The number of esters is 1. The SMILES string of the molecule is CCCCNC(=O)COC(=O)c1[nH]c(C)c(C(C)=O)c1C. The smallest absolute Gasteiger partial charge is 0.355 e. The van der Waals surface area contributed by atoms with Crippen LogP contribution in [0.2, 0.25) is 0 Å². The Kier molecular flexibility index (Phi) is 6.14. The van der Waals surface area contributed by atoms with Gasteiger partial charge in [0.25, 0.3) is 5.91 Å². The summed E-state index contributed by atoms with van der Waals surface area (Å²) in [5.41, 5.74) is 1.89. The number of Topliss-reactive ketones (excluding diaryl/α,β-unsaturated/α-hetero) is 1. The number of aromatic nitrogens is 1. The van der Waals surface area contributed by atoms with Crippen LogP contribution in [-0.4, -0.2) is 35.8 Å². The zero-order valence-electron chi connectivity index (χ0n) is 13.0. The van der Waals surface area contributed by atoms with Crippen LogP contribution in [0.25, 0.3) is 0 Å². The van der Waals surface area contributed by atoms with Crippen molar-refractivity contribution in [2.75, 3.05) is 13.2 Å². The Morgan fingerprint density at radius 2 is 1.90 bits per heavy atom. The second-order valence-electron chi connectivity index (χ2n) is 4.96. The zero-order valence-corrected chi connectivity index (χ0v) is 13.0. The Morgan fingerprint density at radius 1 is 1.24 bits per heavy atom. The van der Waals surface area contributed by atoms with E-state index in [1.54, 1.807) is 13.8 Å². The van der Waals surface area contributed by atoms with E-state index in [1.807, 2.05) is 6.92 Å². The molecule has 1 aromatic rings. The number of hydrogen-bond donors (Lipinski definition) is 2. The van der Waals surface area contributed by atoms with E-state index in [1.165, 1.54) is 6.92 Å². The van der Waals surface area contributed by atoms with E-state index < -0.39 is 5.97 Å². The van der Waals surface area contributed by atoms with Crippen molar-refractivity contribution in [2.45, 2.75) is 40.5 Å². The lowest BCUT2D eigenvalue weighted by atomic mass is 10.1. The number of H-pyrrole nitrogens is 1. The van der Waals surface area contributed by atoms with Gasteiger partial charge in [0, 0.05) is 17.8 Å². The second kappa shape index (κ2) is 7.61. The first-order chi connectivity index (χ1) is 9.88. The first kappa shape index (κ1) is 16.9. The van der Waals surface area contributed by atoms with Crippen LogP contribution in [0.5, 0.6) is 0 Å². The lowest BCUT2D eigenvalue weighted by molar-refractivity contribution is -0.124. The minimum Gasteiger partial charge on any atom is -0.451 e. The number of aromatic amines is 1. The van der Waals surface area contributed by atoms with Gasteiger partial charge in [-0.15, -0.1) is 0 Å². The lowest BCUT2D eigenvalue weighted by Crippen LogP contribution is -2.29. The fourth-order valence-electron chi connectivity index (χ4n) is 2.14. The lowest BCUT2D eigenvalue weighted by Gasteiger charge is -2.06. The quantitative estimate of drug-likeness (QED) is 0.457. The molecular weight excluding hydrogens is 272 g/mol. The van der Waals surface area contributed by atoms with Crippen LogP contribution in [0, 0.1) is 13.8 Å². The summed E-state index contributed by atoms with van der Waals surface area (Å²) in [6.07, 6.45) is 1.87. The summed E-state index contributed by atoms with van der Waals surface area (Å²) in [7, 11) is 0. The molecule has 0 aliphatic carbocycles. The number of amides is 1. The predicted molar refractivity (Wildman–Crippen MR) is 78.5 cm³/mol. The molecule has 0 aliphatic rings. The van der Waals surface area contributed by atoms with Crippen LogP contribution in [0.1, 0.15) is 58.8 Å². The standard InChI is InChI=1S/C15H22N2O4/c1-5-6-7-16-12(19)8-21-15(20)14-9(2)13(11(4)18)10(3)17-14/h17H,5-8H2,1-4H3,(H,16,19). The number of hydrogen-bond acceptors (Lipinski definition) is 4. The van der Waals surface area contributed by atoms with Gasteiger partial charge in [-0.05, 0) is 32.8 Å². The number of rotatable bonds is 7. The number of carbonyl (C=O) groups excluding carboxylic acids is 3. The van der Waals surface area contributed by atoms with Crippen LogP contribution in [-0.2, 0) is 9.53 Å². The van der Waals surface area contributed by atoms with Gasteiger partial charge >= 0.3 is 5.97 Å². The van der Waals surface area contributed by atoms with Crippen LogP contribution >= 0.6 is 0 Å². The highest BCUT2D eigenvalue weighted by atomic mass is 16.5. The second-order valence-corrected chi connectivity index (χ2v) is 4.96. The topological polar surface area (TPSA) is 88.3 Å². The highest BCUT2D eigenvalue weighted by Crippen LogP contribution is 2.19. The largest absolute Gasteiger partial charge is 0.451 e. The number of nitrogens with one attached hydrogen (secondary N) is 2. The van der Waals surface area contributed by atoms with Gasteiger partial charge in [-0.1, -0.05) is 13.3 Å². The third kappa shape index (κ3) is 4.44. The molecular formula is C15H22N2O4. The van der Waals surface area contributed by atoms with Gasteiger partial charge in [0.2, 0.25) is 0 Å². The van der Waals surface area contributed by atoms with Gasteiger partial charge in [-0.2, -0.15) is 0 Å². The zero-order chi connectivity index (χ0) is 16.0. The number of ketones is 1. The first-order valence-electron chi connectivity index (χ1n) is 7.02. The predicted octanol–water partition coefficient (Wildman–Crippen LogP) is 1.91.